The van der Waals surface area contributed by atoms with Crippen molar-refractivity contribution in [1.29, 1.82) is 0 Å². The zero-order valence-electron chi connectivity index (χ0n) is 19.8. The number of hydrogen-bond acceptors (Lipinski definition) is 5. The summed E-state index contributed by atoms with van der Waals surface area (Å²) in [6.45, 7) is 9.90. The molecule has 4 rings (SSSR count). The number of benzene rings is 1. The first-order valence-electron chi connectivity index (χ1n) is 11.5. The summed E-state index contributed by atoms with van der Waals surface area (Å²) in [5, 5.41) is 11.7. The topological polar surface area (TPSA) is 64.0 Å². The van der Waals surface area contributed by atoms with Crippen molar-refractivity contribution >= 4 is 29.0 Å². The molecule has 2 aromatic heterocycles. The molecule has 3 aromatic rings. The Morgan fingerprint density at radius 1 is 1.18 bits per heavy atom. The van der Waals surface area contributed by atoms with Crippen LogP contribution in [0.4, 0.5) is 10.2 Å². The number of aromatic nitrogens is 3. The number of anilines is 1. The Hall–Kier alpha value is -2.35. The van der Waals surface area contributed by atoms with Gasteiger partial charge in [-0.1, -0.05) is 23.2 Å². The van der Waals surface area contributed by atoms with Gasteiger partial charge in [0.15, 0.2) is 11.6 Å². The lowest BCUT2D eigenvalue weighted by molar-refractivity contribution is 0.227. The first-order chi connectivity index (χ1) is 16.1. The van der Waals surface area contributed by atoms with E-state index in [2.05, 4.69) is 26.9 Å². The first-order valence-corrected chi connectivity index (χ1v) is 12.2. The SMILES string of the molecule is C[C@@H](Oc1cc(-c2cnn(C3CCNCC3)c2)cnc1NC(C)(C)C)c1c(Cl)ccc(F)c1Cl. The highest BCUT2D eigenvalue weighted by Crippen LogP contribution is 2.38. The van der Waals surface area contributed by atoms with Gasteiger partial charge >= 0.3 is 0 Å². The molecule has 0 bridgehead atoms. The predicted molar refractivity (Wildman–Crippen MR) is 135 cm³/mol. The third-order valence-electron chi connectivity index (χ3n) is 5.75. The maximum Gasteiger partial charge on any atom is 0.169 e. The minimum Gasteiger partial charge on any atom is -0.482 e. The zero-order valence-corrected chi connectivity index (χ0v) is 21.3. The van der Waals surface area contributed by atoms with Crippen LogP contribution in [0.25, 0.3) is 11.1 Å². The Balaban J connectivity index is 1.67. The second-order valence-electron chi connectivity index (χ2n) is 9.65. The molecule has 0 amide bonds. The number of rotatable bonds is 6. The first kappa shape index (κ1) is 24.8. The van der Waals surface area contributed by atoms with E-state index < -0.39 is 11.9 Å². The van der Waals surface area contributed by atoms with Gasteiger partial charge in [-0.05, 0) is 71.8 Å². The van der Waals surface area contributed by atoms with Crippen LogP contribution < -0.4 is 15.4 Å². The van der Waals surface area contributed by atoms with E-state index in [1.54, 1.807) is 13.1 Å². The normalized spacial score (nSPS) is 15.9. The summed E-state index contributed by atoms with van der Waals surface area (Å²) in [4.78, 5) is 4.65. The van der Waals surface area contributed by atoms with Crippen LogP contribution in [0.5, 0.6) is 5.75 Å². The summed E-state index contributed by atoms with van der Waals surface area (Å²) in [7, 11) is 0. The minimum atomic E-state index is -0.606. The lowest BCUT2D eigenvalue weighted by atomic mass is 10.1. The van der Waals surface area contributed by atoms with Crippen molar-refractivity contribution in [2.24, 2.45) is 0 Å². The van der Waals surface area contributed by atoms with Gasteiger partial charge in [0.1, 0.15) is 11.9 Å². The van der Waals surface area contributed by atoms with E-state index in [-0.39, 0.29) is 10.6 Å². The number of halogens is 3. The van der Waals surface area contributed by atoms with Crippen molar-refractivity contribution in [3.8, 4) is 16.9 Å². The second-order valence-corrected chi connectivity index (χ2v) is 10.4. The molecule has 2 N–H and O–H groups in total. The highest BCUT2D eigenvalue weighted by molar-refractivity contribution is 6.36. The number of nitrogens with zero attached hydrogens (tertiary/aromatic N) is 3. The molecular weight excluding hydrogens is 476 g/mol. The van der Waals surface area contributed by atoms with Crippen LogP contribution in [0.2, 0.25) is 10.0 Å². The van der Waals surface area contributed by atoms with Gasteiger partial charge in [-0.3, -0.25) is 4.68 Å². The molecule has 182 valence electrons. The third kappa shape index (κ3) is 5.65. The van der Waals surface area contributed by atoms with Crippen LogP contribution in [0, 0.1) is 5.82 Å². The number of piperidine rings is 1. The lowest BCUT2D eigenvalue weighted by Crippen LogP contribution is -2.29. The van der Waals surface area contributed by atoms with Gasteiger partial charge < -0.3 is 15.4 Å². The Labute approximate surface area is 209 Å². The monoisotopic (exact) mass is 505 g/mol. The molecule has 0 radical (unpaired) electrons. The smallest absolute Gasteiger partial charge is 0.169 e. The van der Waals surface area contributed by atoms with Gasteiger partial charge in [0.2, 0.25) is 0 Å². The minimum absolute atomic E-state index is 0.0438. The molecule has 0 aliphatic carbocycles. The average molecular weight is 506 g/mol. The highest BCUT2D eigenvalue weighted by Gasteiger charge is 2.23. The van der Waals surface area contributed by atoms with Crippen LogP contribution >= 0.6 is 23.2 Å². The number of hydrogen-bond donors (Lipinski definition) is 2. The lowest BCUT2D eigenvalue weighted by Gasteiger charge is -2.25. The molecule has 3 heterocycles. The molecule has 1 atom stereocenters. The fourth-order valence-electron chi connectivity index (χ4n) is 4.06. The molecule has 0 spiro atoms. The van der Waals surface area contributed by atoms with Crippen LogP contribution in [-0.2, 0) is 0 Å². The van der Waals surface area contributed by atoms with E-state index >= 15 is 0 Å². The van der Waals surface area contributed by atoms with Crippen LogP contribution in [0.3, 0.4) is 0 Å². The van der Waals surface area contributed by atoms with E-state index in [4.69, 9.17) is 27.9 Å². The van der Waals surface area contributed by atoms with Crippen molar-refractivity contribution in [2.45, 2.75) is 58.2 Å². The average Bonchev–Trinajstić information content (AvgIpc) is 3.28. The molecular formula is C25H30Cl2FN5O. The molecule has 1 fully saturated rings. The molecule has 9 heteroatoms. The van der Waals surface area contributed by atoms with Gasteiger partial charge in [-0.15, -0.1) is 0 Å². The maximum absolute atomic E-state index is 14.1. The van der Waals surface area contributed by atoms with Crippen molar-refractivity contribution in [2.75, 3.05) is 18.4 Å². The summed E-state index contributed by atoms with van der Waals surface area (Å²) in [6.07, 6.45) is 7.20. The van der Waals surface area contributed by atoms with E-state index in [1.807, 2.05) is 37.7 Å². The van der Waals surface area contributed by atoms with Crippen molar-refractivity contribution in [1.82, 2.24) is 20.1 Å². The maximum atomic E-state index is 14.1. The number of pyridine rings is 1. The van der Waals surface area contributed by atoms with Crippen molar-refractivity contribution in [3.05, 3.63) is 58.2 Å². The largest absolute Gasteiger partial charge is 0.482 e. The Morgan fingerprint density at radius 3 is 2.62 bits per heavy atom. The second kappa shape index (κ2) is 10.1. The van der Waals surface area contributed by atoms with Crippen LogP contribution in [-0.4, -0.2) is 33.4 Å². The summed E-state index contributed by atoms with van der Waals surface area (Å²) in [5.74, 6) is 0.560. The molecule has 1 aliphatic heterocycles. The quantitative estimate of drug-likeness (QED) is 0.366. The Morgan fingerprint density at radius 2 is 1.91 bits per heavy atom. The molecule has 6 nitrogen and oxygen atoms in total. The van der Waals surface area contributed by atoms with Gasteiger partial charge in [0, 0.05) is 39.6 Å². The molecule has 34 heavy (non-hydrogen) atoms. The standard InChI is InChI=1S/C25H30Cl2FN5O/c1-15(22-19(26)5-6-20(28)23(22)27)34-21-11-16(12-30-24(21)32-25(2,3)4)17-13-31-33(14-17)18-7-9-29-10-8-18/h5-6,11-15,18,29H,7-10H2,1-4H3,(H,30,32)/t15-/m1/s1. The van der Waals surface area contributed by atoms with Gasteiger partial charge in [-0.2, -0.15) is 5.10 Å². The highest BCUT2D eigenvalue weighted by atomic mass is 35.5. The summed E-state index contributed by atoms with van der Waals surface area (Å²) >= 11 is 12.6. The van der Waals surface area contributed by atoms with E-state index in [1.165, 1.54) is 12.1 Å². The Bertz CT molecular complexity index is 1150. The molecule has 1 saturated heterocycles. The van der Waals surface area contributed by atoms with E-state index in [0.29, 0.717) is 28.2 Å². The predicted octanol–water partition coefficient (Wildman–Crippen LogP) is 6.67. The summed E-state index contributed by atoms with van der Waals surface area (Å²) in [5.41, 5.74) is 1.98. The van der Waals surface area contributed by atoms with E-state index in [0.717, 1.165) is 37.1 Å². The molecule has 0 unspecified atom stereocenters. The van der Waals surface area contributed by atoms with Gasteiger partial charge in [0.25, 0.3) is 0 Å². The van der Waals surface area contributed by atoms with Crippen LogP contribution in [0.1, 0.15) is 58.2 Å². The zero-order chi connectivity index (χ0) is 24.5. The number of ether oxygens (including phenoxy) is 1. The summed E-state index contributed by atoms with van der Waals surface area (Å²) in [6, 6.07) is 5.03. The Kier molecular flexibility index (Phi) is 7.36. The van der Waals surface area contributed by atoms with Crippen molar-refractivity contribution in [3.63, 3.8) is 0 Å². The summed E-state index contributed by atoms with van der Waals surface area (Å²) < 4.78 is 22.4. The van der Waals surface area contributed by atoms with E-state index in [9.17, 15) is 4.39 Å². The fraction of sp³-hybridized carbons (Fsp3) is 0.440. The fourth-order valence-corrected chi connectivity index (χ4v) is 4.74. The molecule has 1 aromatic carbocycles. The molecule has 0 saturated carbocycles. The molecule has 1 aliphatic rings. The third-order valence-corrected chi connectivity index (χ3v) is 6.47. The van der Waals surface area contributed by atoms with Crippen LogP contribution in [0.15, 0.2) is 36.8 Å². The van der Waals surface area contributed by atoms with Gasteiger partial charge in [0.05, 0.1) is 17.3 Å². The number of nitrogens with one attached hydrogen (secondary N) is 2. The van der Waals surface area contributed by atoms with Gasteiger partial charge in [-0.25, -0.2) is 9.37 Å². The van der Waals surface area contributed by atoms with Crippen molar-refractivity contribution < 1.29 is 9.13 Å².